The molecule has 3 heterocycles. The number of para-hydroxylation sites is 1. The molecule has 0 aliphatic rings. The van der Waals surface area contributed by atoms with Gasteiger partial charge in [0.25, 0.3) is 0 Å². The van der Waals surface area contributed by atoms with E-state index < -0.39 is 0 Å². The van der Waals surface area contributed by atoms with E-state index >= 15 is 0 Å². The maximum absolute atomic E-state index is 6.22. The summed E-state index contributed by atoms with van der Waals surface area (Å²) in [7, 11) is 1.69. The summed E-state index contributed by atoms with van der Waals surface area (Å²) in [6.07, 6.45) is 5.66. The molecule has 0 fully saturated rings. The summed E-state index contributed by atoms with van der Waals surface area (Å²) in [6.45, 7) is 1.49. The lowest BCUT2D eigenvalue weighted by atomic mass is 10.1. The number of hydrogen-bond acceptors (Lipinski definition) is 7. The van der Waals surface area contributed by atoms with Crippen molar-refractivity contribution in [2.75, 3.05) is 13.7 Å². The lowest BCUT2D eigenvalue weighted by molar-refractivity contribution is 0.181. The van der Waals surface area contributed by atoms with Gasteiger partial charge in [-0.25, -0.2) is 9.97 Å². The van der Waals surface area contributed by atoms with E-state index in [0.29, 0.717) is 31.3 Å². The van der Waals surface area contributed by atoms with Crippen LogP contribution in [0.5, 0.6) is 5.75 Å². The number of nitrogens with zero attached hydrogens (tertiary/aromatic N) is 6. The Morgan fingerprint density at radius 3 is 2.68 bits per heavy atom. The topological polar surface area (TPSA) is 79.4 Å². The van der Waals surface area contributed by atoms with Gasteiger partial charge in [-0.15, -0.1) is 10.2 Å². The average molecular weight is 473 g/mol. The molecule has 5 rings (SSSR count). The van der Waals surface area contributed by atoms with E-state index in [1.54, 1.807) is 25.1 Å². The molecule has 0 N–H and O–H groups in total. The maximum Gasteiger partial charge on any atom is 0.233 e. The molecule has 8 nitrogen and oxygen atoms in total. The quantitative estimate of drug-likeness (QED) is 0.277. The third kappa shape index (κ3) is 4.95. The second-order valence-corrected chi connectivity index (χ2v) is 8.48. The van der Waals surface area contributed by atoms with Crippen molar-refractivity contribution in [3.8, 4) is 16.9 Å². The monoisotopic (exact) mass is 472 g/mol. The van der Waals surface area contributed by atoms with Gasteiger partial charge < -0.3 is 14.0 Å². The first kappa shape index (κ1) is 22.1. The smallest absolute Gasteiger partial charge is 0.233 e. The first-order valence-electron chi connectivity index (χ1n) is 10.9. The Labute approximate surface area is 201 Å². The molecule has 0 atom stereocenters. The van der Waals surface area contributed by atoms with Gasteiger partial charge in [0.1, 0.15) is 12.4 Å². The lowest BCUT2D eigenvalue weighted by Gasteiger charge is -2.13. The number of benzene rings is 2. The highest BCUT2D eigenvalue weighted by atomic mass is 32.2. The minimum atomic E-state index is 0.305. The van der Waals surface area contributed by atoms with Crippen LogP contribution in [0.4, 0.5) is 0 Å². The van der Waals surface area contributed by atoms with Crippen molar-refractivity contribution in [1.29, 1.82) is 0 Å². The molecule has 2 aromatic carbocycles. The van der Waals surface area contributed by atoms with E-state index in [0.717, 1.165) is 33.6 Å². The van der Waals surface area contributed by atoms with Crippen molar-refractivity contribution in [2.24, 2.45) is 0 Å². The van der Waals surface area contributed by atoms with Gasteiger partial charge in [-0.3, -0.25) is 4.40 Å². The lowest BCUT2D eigenvalue weighted by Crippen LogP contribution is -2.12. The van der Waals surface area contributed by atoms with Crippen molar-refractivity contribution in [3.05, 3.63) is 90.8 Å². The van der Waals surface area contributed by atoms with Crippen molar-refractivity contribution in [3.63, 3.8) is 0 Å². The van der Waals surface area contributed by atoms with Gasteiger partial charge in [0, 0.05) is 43.6 Å². The van der Waals surface area contributed by atoms with E-state index in [9.17, 15) is 0 Å². The van der Waals surface area contributed by atoms with Gasteiger partial charge in [-0.1, -0.05) is 60.3 Å². The molecule has 0 aliphatic heterocycles. The second kappa shape index (κ2) is 10.5. The van der Waals surface area contributed by atoms with Crippen LogP contribution >= 0.6 is 11.8 Å². The van der Waals surface area contributed by atoms with E-state index in [1.807, 2.05) is 63.8 Å². The number of rotatable bonds is 10. The SMILES string of the molecule is COCCn1c(COc2ccccc2-c2ccccc2)nnc1SCc1cn2cccnc2n1. The fourth-order valence-electron chi connectivity index (χ4n) is 3.62. The standard InChI is InChI=1S/C25H24N6O2S/c1-32-15-14-31-23(17-33-22-11-6-5-10-21(22)19-8-3-2-4-9-19)28-29-25(31)34-18-20-16-30-13-7-12-26-24(30)27-20/h2-13,16H,14-15,17-18H2,1H3. The van der Waals surface area contributed by atoms with Crippen LogP contribution in [0.3, 0.4) is 0 Å². The van der Waals surface area contributed by atoms with E-state index in [2.05, 4.69) is 38.4 Å². The summed E-state index contributed by atoms with van der Waals surface area (Å²) in [5, 5.41) is 9.64. The molecule has 9 heteroatoms. The molecule has 0 radical (unpaired) electrons. The van der Waals surface area contributed by atoms with E-state index in [1.165, 1.54) is 0 Å². The highest BCUT2D eigenvalue weighted by Crippen LogP contribution is 2.30. The molecule has 34 heavy (non-hydrogen) atoms. The first-order chi connectivity index (χ1) is 16.8. The zero-order chi connectivity index (χ0) is 23.2. The Morgan fingerprint density at radius 1 is 0.971 bits per heavy atom. The molecule has 0 saturated carbocycles. The van der Waals surface area contributed by atoms with Gasteiger partial charge in [0.2, 0.25) is 5.78 Å². The van der Waals surface area contributed by atoms with Gasteiger partial charge in [0.05, 0.1) is 12.3 Å². The van der Waals surface area contributed by atoms with Crippen LogP contribution in [-0.4, -0.2) is 42.8 Å². The highest BCUT2D eigenvalue weighted by Gasteiger charge is 2.15. The van der Waals surface area contributed by atoms with Gasteiger partial charge in [-0.2, -0.15) is 0 Å². The van der Waals surface area contributed by atoms with Crippen LogP contribution in [0.2, 0.25) is 0 Å². The molecule has 3 aromatic heterocycles. The van der Waals surface area contributed by atoms with Crippen LogP contribution < -0.4 is 4.74 Å². The van der Waals surface area contributed by atoms with Crippen molar-refractivity contribution in [2.45, 2.75) is 24.1 Å². The molecule has 5 aromatic rings. The van der Waals surface area contributed by atoms with Crippen LogP contribution in [-0.2, 0) is 23.6 Å². The van der Waals surface area contributed by atoms with Crippen molar-refractivity contribution < 1.29 is 9.47 Å². The maximum atomic E-state index is 6.22. The number of hydrogen-bond donors (Lipinski definition) is 0. The normalized spacial score (nSPS) is 11.2. The molecule has 0 aliphatic carbocycles. The summed E-state index contributed by atoms with van der Waals surface area (Å²) in [5.41, 5.74) is 3.08. The van der Waals surface area contributed by atoms with Crippen LogP contribution in [0.1, 0.15) is 11.5 Å². The van der Waals surface area contributed by atoms with Crippen LogP contribution in [0.25, 0.3) is 16.9 Å². The molecule has 172 valence electrons. The summed E-state index contributed by atoms with van der Waals surface area (Å²) in [5.74, 6) is 2.90. The second-order valence-electron chi connectivity index (χ2n) is 7.54. The van der Waals surface area contributed by atoms with E-state index in [4.69, 9.17) is 9.47 Å². The first-order valence-corrected chi connectivity index (χ1v) is 11.9. The zero-order valence-corrected chi connectivity index (χ0v) is 19.6. The molecular weight excluding hydrogens is 448 g/mol. The molecule has 0 unspecified atom stereocenters. The molecule has 0 bridgehead atoms. The van der Waals surface area contributed by atoms with Crippen molar-refractivity contribution >= 4 is 17.5 Å². The Morgan fingerprint density at radius 2 is 1.82 bits per heavy atom. The molecular formula is C25H24N6O2S. The van der Waals surface area contributed by atoms with Gasteiger partial charge >= 0.3 is 0 Å². The molecule has 0 saturated heterocycles. The summed E-state index contributed by atoms with van der Waals surface area (Å²) in [4.78, 5) is 8.84. The third-order valence-electron chi connectivity index (χ3n) is 5.28. The number of aromatic nitrogens is 6. The summed E-state index contributed by atoms with van der Waals surface area (Å²) >= 11 is 1.58. The largest absolute Gasteiger partial charge is 0.485 e. The number of methoxy groups -OCH3 is 1. The molecule has 0 spiro atoms. The fourth-order valence-corrected chi connectivity index (χ4v) is 4.49. The van der Waals surface area contributed by atoms with Crippen LogP contribution in [0.15, 0.2) is 84.4 Å². The number of ether oxygens (including phenoxy) is 2. The number of imidazole rings is 1. The Bertz CT molecular complexity index is 1340. The summed E-state index contributed by atoms with van der Waals surface area (Å²) in [6, 6.07) is 20.1. The Balaban J connectivity index is 1.32. The zero-order valence-electron chi connectivity index (χ0n) is 18.7. The Kier molecular flexibility index (Phi) is 6.83. The number of thioether (sulfide) groups is 1. The third-order valence-corrected chi connectivity index (χ3v) is 6.28. The predicted octanol–water partition coefficient (Wildman–Crippen LogP) is 4.51. The Hall–Kier alpha value is -3.69. The minimum absolute atomic E-state index is 0.305. The predicted molar refractivity (Wildman–Crippen MR) is 131 cm³/mol. The minimum Gasteiger partial charge on any atom is -0.485 e. The highest BCUT2D eigenvalue weighted by molar-refractivity contribution is 7.98. The average Bonchev–Trinajstić information content (AvgIpc) is 3.48. The summed E-state index contributed by atoms with van der Waals surface area (Å²) < 4.78 is 15.5. The van der Waals surface area contributed by atoms with E-state index in [-0.39, 0.29) is 0 Å². The van der Waals surface area contributed by atoms with Crippen LogP contribution in [0, 0.1) is 0 Å². The molecule has 0 amide bonds. The van der Waals surface area contributed by atoms with Gasteiger partial charge in [0.15, 0.2) is 11.0 Å². The van der Waals surface area contributed by atoms with Crippen molar-refractivity contribution in [1.82, 2.24) is 29.1 Å². The number of fused-ring (bicyclic) bond motifs is 1. The fraction of sp³-hybridized carbons (Fsp3) is 0.200. The van der Waals surface area contributed by atoms with Gasteiger partial charge in [-0.05, 0) is 17.7 Å².